The lowest BCUT2D eigenvalue weighted by atomic mass is 9.84. The zero-order valence-electron chi connectivity index (χ0n) is 12.2. The van der Waals surface area contributed by atoms with Crippen LogP contribution in [0.15, 0.2) is 6.07 Å². The Labute approximate surface area is 121 Å². The van der Waals surface area contributed by atoms with Crippen LogP contribution >= 0.6 is 0 Å². The SMILES string of the molecule is COc1c([N+](=O)[O-])cc([N+](=O)[O-])c2c1CCCC2N(C)C. The van der Waals surface area contributed by atoms with Gasteiger partial charge in [0, 0.05) is 11.6 Å². The van der Waals surface area contributed by atoms with E-state index in [9.17, 15) is 20.2 Å². The maximum absolute atomic E-state index is 11.3. The Bertz CT molecular complexity index is 600. The van der Waals surface area contributed by atoms with Gasteiger partial charge < -0.3 is 9.64 Å². The van der Waals surface area contributed by atoms with Crippen molar-refractivity contribution < 1.29 is 14.6 Å². The summed E-state index contributed by atoms with van der Waals surface area (Å²) in [6.07, 6.45) is 2.14. The molecule has 114 valence electrons. The lowest BCUT2D eigenvalue weighted by Crippen LogP contribution is -2.25. The quantitative estimate of drug-likeness (QED) is 0.625. The molecule has 1 unspecified atom stereocenters. The second-order valence-electron chi connectivity index (χ2n) is 5.23. The van der Waals surface area contributed by atoms with Crippen molar-refractivity contribution in [1.29, 1.82) is 0 Å². The van der Waals surface area contributed by atoms with Crippen molar-refractivity contribution in [3.05, 3.63) is 37.4 Å². The van der Waals surface area contributed by atoms with Gasteiger partial charge in [0.05, 0.1) is 28.6 Å². The van der Waals surface area contributed by atoms with Crippen LogP contribution in [0.4, 0.5) is 11.4 Å². The monoisotopic (exact) mass is 295 g/mol. The smallest absolute Gasteiger partial charge is 0.318 e. The van der Waals surface area contributed by atoms with Crippen molar-refractivity contribution in [2.24, 2.45) is 0 Å². The summed E-state index contributed by atoms with van der Waals surface area (Å²) in [6.45, 7) is 0. The Kier molecular flexibility index (Phi) is 4.08. The van der Waals surface area contributed by atoms with Gasteiger partial charge in [0.25, 0.3) is 5.69 Å². The number of nitrogens with zero attached hydrogens (tertiary/aromatic N) is 3. The molecule has 0 heterocycles. The minimum atomic E-state index is -0.634. The van der Waals surface area contributed by atoms with Crippen LogP contribution in [0.25, 0.3) is 0 Å². The molecule has 21 heavy (non-hydrogen) atoms. The Hall–Kier alpha value is -2.22. The highest BCUT2D eigenvalue weighted by Gasteiger charge is 2.37. The number of ether oxygens (including phenoxy) is 1. The fourth-order valence-electron chi connectivity index (χ4n) is 2.97. The molecule has 0 saturated carbocycles. The fraction of sp³-hybridized carbons (Fsp3) is 0.538. The fourth-order valence-corrected chi connectivity index (χ4v) is 2.97. The van der Waals surface area contributed by atoms with Crippen LogP contribution in [0.3, 0.4) is 0 Å². The van der Waals surface area contributed by atoms with Gasteiger partial charge in [-0.2, -0.15) is 0 Å². The van der Waals surface area contributed by atoms with Crippen molar-refractivity contribution in [3.63, 3.8) is 0 Å². The highest BCUT2D eigenvalue weighted by molar-refractivity contribution is 5.65. The molecule has 0 spiro atoms. The van der Waals surface area contributed by atoms with Crippen molar-refractivity contribution >= 4 is 11.4 Å². The second-order valence-corrected chi connectivity index (χ2v) is 5.23. The van der Waals surface area contributed by atoms with E-state index in [2.05, 4.69) is 0 Å². The molecule has 0 bridgehead atoms. The van der Waals surface area contributed by atoms with Crippen molar-refractivity contribution in [2.75, 3.05) is 21.2 Å². The second kappa shape index (κ2) is 5.65. The van der Waals surface area contributed by atoms with Crippen LogP contribution < -0.4 is 4.74 Å². The van der Waals surface area contributed by atoms with E-state index in [1.165, 1.54) is 7.11 Å². The van der Waals surface area contributed by atoms with Gasteiger partial charge >= 0.3 is 5.69 Å². The van der Waals surface area contributed by atoms with Crippen LogP contribution in [0.5, 0.6) is 5.75 Å². The number of fused-ring (bicyclic) bond motifs is 1. The van der Waals surface area contributed by atoms with E-state index in [-0.39, 0.29) is 23.2 Å². The summed E-state index contributed by atoms with van der Waals surface area (Å²) in [5.41, 5.74) is 0.584. The van der Waals surface area contributed by atoms with Crippen LogP contribution in [0, 0.1) is 20.2 Å². The Morgan fingerprint density at radius 3 is 2.33 bits per heavy atom. The molecule has 1 aromatic rings. The predicted molar refractivity (Wildman–Crippen MR) is 75.7 cm³/mol. The minimum Gasteiger partial charge on any atom is -0.490 e. The van der Waals surface area contributed by atoms with Crippen molar-refractivity contribution in [1.82, 2.24) is 4.90 Å². The first-order chi connectivity index (χ1) is 9.88. The number of nitro groups is 2. The molecule has 0 amide bonds. The molecule has 0 N–H and O–H groups in total. The van der Waals surface area contributed by atoms with Gasteiger partial charge in [-0.1, -0.05) is 0 Å². The number of rotatable bonds is 4. The van der Waals surface area contributed by atoms with Crippen LogP contribution in [-0.4, -0.2) is 36.0 Å². The zero-order valence-corrected chi connectivity index (χ0v) is 12.2. The Balaban J connectivity index is 2.80. The Morgan fingerprint density at radius 2 is 1.86 bits per heavy atom. The van der Waals surface area contributed by atoms with Gasteiger partial charge in [-0.05, 0) is 33.4 Å². The molecule has 1 aliphatic rings. The summed E-state index contributed by atoms with van der Waals surface area (Å²) in [4.78, 5) is 23.2. The van der Waals surface area contributed by atoms with Gasteiger partial charge in [-0.25, -0.2) is 0 Å². The molecule has 8 nitrogen and oxygen atoms in total. The standard InChI is InChI=1S/C13H17N3O5/c1-14(2)9-6-4-5-8-12(9)10(15(17)18)7-11(16(19)20)13(8)21-3/h7,9H,4-6H2,1-3H3. The molecular weight excluding hydrogens is 278 g/mol. The van der Waals surface area contributed by atoms with Gasteiger partial charge in [0.2, 0.25) is 5.75 Å². The lowest BCUT2D eigenvalue weighted by Gasteiger charge is -2.30. The molecule has 2 rings (SSSR count). The molecule has 8 heteroatoms. The summed E-state index contributed by atoms with van der Waals surface area (Å²) in [6, 6.07) is 0.878. The van der Waals surface area contributed by atoms with E-state index in [0.717, 1.165) is 18.9 Å². The maximum atomic E-state index is 11.3. The van der Waals surface area contributed by atoms with E-state index >= 15 is 0 Å². The van der Waals surface area contributed by atoms with Gasteiger partial charge in [0.15, 0.2) is 0 Å². The molecular formula is C13H17N3O5. The predicted octanol–water partition coefficient (Wildman–Crippen LogP) is 2.45. The normalized spacial score (nSPS) is 17.4. The van der Waals surface area contributed by atoms with Crippen LogP contribution in [0.1, 0.15) is 30.0 Å². The summed E-state index contributed by atoms with van der Waals surface area (Å²) in [5.74, 6) is 0.146. The largest absolute Gasteiger partial charge is 0.490 e. The first kappa shape index (κ1) is 15.2. The third-order valence-corrected chi connectivity index (χ3v) is 3.84. The number of nitro benzene ring substituents is 2. The number of benzene rings is 1. The van der Waals surface area contributed by atoms with Gasteiger partial charge in [-0.15, -0.1) is 0 Å². The molecule has 0 aliphatic heterocycles. The molecule has 0 fully saturated rings. The van der Waals surface area contributed by atoms with E-state index in [0.29, 0.717) is 17.5 Å². The number of methoxy groups -OCH3 is 1. The van der Waals surface area contributed by atoms with Gasteiger partial charge in [0.1, 0.15) is 0 Å². The summed E-state index contributed by atoms with van der Waals surface area (Å²) in [5, 5.41) is 22.5. The number of hydrogen-bond acceptors (Lipinski definition) is 6. The average molecular weight is 295 g/mol. The third kappa shape index (κ3) is 2.54. The van der Waals surface area contributed by atoms with Crippen LogP contribution in [0.2, 0.25) is 0 Å². The van der Waals surface area contributed by atoms with E-state index < -0.39 is 9.85 Å². The molecule has 1 aromatic carbocycles. The Morgan fingerprint density at radius 1 is 1.24 bits per heavy atom. The molecule has 1 aliphatic carbocycles. The molecule has 0 aromatic heterocycles. The maximum Gasteiger partial charge on any atom is 0.318 e. The minimum absolute atomic E-state index is 0.135. The number of hydrogen-bond donors (Lipinski definition) is 0. The van der Waals surface area contributed by atoms with Crippen LogP contribution in [-0.2, 0) is 6.42 Å². The molecule has 1 atom stereocenters. The third-order valence-electron chi connectivity index (χ3n) is 3.84. The first-order valence-electron chi connectivity index (χ1n) is 6.57. The average Bonchev–Trinajstić information content (AvgIpc) is 2.43. The summed E-state index contributed by atoms with van der Waals surface area (Å²) >= 11 is 0. The molecule has 0 radical (unpaired) electrons. The lowest BCUT2D eigenvalue weighted by molar-refractivity contribution is -0.395. The highest BCUT2D eigenvalue weighted by atomic mass is 16.6. The highest BCUT2D eigenvalue weighted by Crippen LogP contribution is 2.47. The van der Waals surface area contributed by atoms with E-state index in [1.54, 1.807) is 0 Å². The summed E-state index contributed by atoms with van der Waals surface area (Å²) in [7, 11) is 5.04. The van der Waals surface area contributed by atoms with Gasteiger partial charge in [-0.3, -0.25) is 20.2 Å². The molecule has 0 saturated heterocycles. The first-order valence-corrected chi connectivity index (χ1v) is 6.57. The topological polar surface area (TPSA) is 98.8 Å². The van der Waals surface area contributed by atoms with Crippen molar-refractivity contribution in [2.45, 2.75) is 25.3 Å². The summed E-state index contributed by atoms with van der Waals surface area (Å²) < 4.78 is 5.19. The van der Waals surface area contributed by atoms with Crippen molar-refractivity contribution in [3.8, 4) is 5.75 Å². The van der Waals surface area contributed by atoms with E-state index in [1.807, 2.05) is 19.0 Å². The zero-order chi connectivity index (χ0) is 15.7. The van der Waals surface area contributed by atoms with E-state index in [4.69, 9.17) is 4.74 Å².